The highest BCUT2D eigenvalue weighted by molar-refractivity contribution is 6.30. The Balaban J connectivity index is 1.94. The molecule has 2 amide bonds. The molecular formula is C18H25ClN2O5. The van der Waals surface area contributed by atoms with Gasteiger partial charge in [0.15, 0.2) is 6.29 Å². The van der Waals surface area contributed by atoms with Crippen LogP contribution in [0.1, 0.15) is 26.7 Å². The fourth-order valence-electron chi connectivity index (χ4n) is 2.61. The highest BCUT2D eigenvalue weighted by Crippen LogP contribution is 2.15. The minimum absolute atomic E-state index is 0.166. The van der Waals surface area contributed by atoms with Gasteiger partial charge in [0.25, 0.3) is 5.91 Å². The monoisotopic (exact) mass is 384 g/mol. The zero-order chi connectivity index (χ0) is 19.1. The van der Waals surface area contributed by atoms with Gasteiger partial charge in [-0.1, -0.05) is 43.6 Å². The van der Waals surface area contributed by atoms with Crippen molar-refractivity contribution in [2.24, 2.45) is 5.92 Å². The average molecular weight is 385 g/mol. The minimum atomic E-state index is -1.26. The first-order chi connectivity index (χ1) is 12.4. The summed E-state index contributed by atoms with van der Waals surface area (Å²) in [6.45, 7) is 4.26. The summed E-state index contributed by atoms with van der Waals surface area (Å²) in [5, 5.41) is 15.0. The van der Waals surface area contributed by atoms with Crippen molar-refractivity contribution in [2.75, 3.05) is 6.61 Å². The molecule has 0 spiro atoms. The Morgan fingerprint density at radius 3 is 2.58 bits per heavy atom. The van der Waals surface area contributed by atoms with Crippen molar-refractivity contribution in [3.8, 4) is 5.75 Å². The van der Waals surface area contributed by atoms with Gasteiger partial charge in [-0.25, -0.2) is 0 Å². The van der Waals surface area contributed by atoms with E-state index in [1.165, 1.54) is 0 Å². The summed E-state index contributed by atoms with van der Waals surface area (Å²) < 4.78 is 10.4. The van der Waals surface area contributed by atoms with Gasteiger partial charge >= 0.3 is 0 Å². The SMILES string of the molecule is CC(C)C[C@H](NC(=O)C(Cl)Oc1ccccc1)C(=O)N[C@H]1CCOC1O. The van der Waals surface area contributed by atoms with Crippen LogP contribution in [-0.4, -0.2) is 47.5 Å². The standard InChI is InChI=1S/C18H25ClN2O5/c1-11(2)10-14(16(22)20-13-8-9-25-18(13)24)21-17(23)15(19)26-12-6-4-3-5-7-12/h3-7,11,13-15,18,24H,8-10H2,1-2H3,(H,20,22)(H,21,23)/t13-,14-,15?,18?/m0/s1. The zero-order valence-electron chi connectivity index (χ0n) is 14.9. The molecule has 1 aromatic rings. The molecule has 26 heavy (non-hydrogen) atoms. The first-order valence-electron chi connectivity index (χ1n) is 8.63. The van der Waals surface area contributed by atoms with Gasteiger partial charge in [-0.15, -0.1) is 0 Å². The van der Waals surface area contributed by atoms with Crippen LogP contribution in [0.2, 0.25) is 0 Å². The third kappa shape index (κ3) is 6.16. The van der Waals surface area contributed by atoms with Crippen LogP contribution in [0.15, 0.2) is 30.3 Å². The first kappa shape index (κ1) is 20.5. The molecule has 8 heteroatoms. The van der Waals surface area contributed by atoms with Crippen molar-refractivity contribution < 1.29 is 24.2 Å². The third-order valence-electron chi connectivity index (χ3n) is 3.92. The van der Waals surface area contributed by atoms with Crippen molar-refractivity contribution in [1.29, 1.82) is 0 Å². The first-order valence-corrected chi connectivity index (χ1v) is 9.06. The number of halogens is 1. The van der Waals surface area contributed by atoms with Crippen LogP contribution in [0.5, 0.6) is 5.75 Å². The number of aliphatic hydroxyl groups is 1. The smallest absolute Gasteiger partial charge is 0.277 e. The van der Waals surface area contributed by atoms with E-state index in [2.05, 4.69) is 10.6 Å². The van der Waals surface area contributed by atoms with Crippen LogP contribution in [0.25, 0.3) is 0 Å². The summed E-state index contributed by atoms with van der Waals surface area (Å²) in [6.07, 6.45) is -0.0858. The van der Waals surface area contributed by atoms with Crippen molar-refractivity contribution in [2.45, 2.75) is 50.6 Å². The Kier molecular flexibility index (Phi) is 7.68. The number of nitrogens with one attached hydrogen (secondary N) is 2. The molecule has 0 aromatic heterocycles. The number of hydrogen-bond donors (Lipinski definition) is 3. The lowest BCUT2D eigenvalue weighted by Crippen LogP contribution is -2.53. The van der Waals surface area contributed by atoms with Crippen LogP contribution < -0.4 is 15.4 Å². The molecule has 0 aliphatic carbocycles. The van der Waals surface area contributed by atoms with E-state index in [-0.39, 0.29) is 11.8 Å². The van der Waals surface area contributed by atoms with Gasteiger partial charge in [-0.05, 0) is 30.9 Å². The summed E-state index contributed by atoms with van der Waals surface area (Å²) in [5.74, 6) is -0.358. The summed E-state index contributed by atoms with van der Waals surface area (Å²) in [5.41, 5.74) is -1.26. The van der Waals surface area contributed by atoms with E-state index in [9.17, 15) is 14.7 Å². The highest BCUT2D eigenvalue weighted by atomic mass is 35.5. The molecule has 0 radical (unpaired) electrons. The molecule has 1 fully saturated rings. The largest absolute Gasteiger partial charge is 0.465 e. The van der Waals surface area contributed by atoms with Crippen LogP contribution in [0.3, 0.4) is 0 Å². The van der Waals surface area contributed by atoms with E-state index < -0.39 is 29.8 Å². The average Bonchev–Trinajstić information content (AvgIpc) is 2.99. The normalized spacial score (nSPS) is 21.9. The number of carbonyl (C=O) groups is 2. The molecule has 1 heterocycles. The highest BCUT2D eigenvalue weighted by Gasteiger charge is 2.32. The number of rotatable bonds is 8. The number of aliphatic hydroxyl groups excluding tert-OH is 1. The maximum absolute atomic E-state index is 12.5. The van der Waals surface area contributed by atoms with Crippen molar-refractivity contribution in [1.82, 2.24) is 10.6 Å². The van der Waals surface area contributed by atoms with Crippen LogP contribution >= 0.6 is 11.6 Å². The summed E-state index contributed by atoms with van der Waals surface area (Å²) in [7, 11) is 0. The van der Waals surface area contributed by atoms with E-state index in [1.54, 1.807) is 24.3 Å². The molecule has 1 aliphatic rings. The lowest BCUT2D eigenvalue weighted by Gasteiger charge is -2.24. The van der Waals surface area contributed by atoms with Gasteiger partial charge < -0.3 is 25.2 Å². The quantitative estimate of drug-likeness (QED) is 0.588. The van der Waals surface area contributed by atoms with Gasteiger partial charge in [0.1, 0.15) is 11.8 Å². The Labute approximate surface area is 158 Å². The fraction of sp³-hybridized carbons (Fsp3) is 0.556. The number of alkyl halides is 1. The summed E-state index contributed by atoms with van der Waals surface area (Å²) in [6, 6.07) is 7.45. The molecule has 0 bridgehead atoms. The number of benzene rings is 1. The van der Waals surface area contributed by atoms with Crippen LogP contribution in [0, 0.1) is 5.92 Å². The molecule has 4 atom stereocenters. The topological polar surface area (TPSA) is 96.9 Å². The van der Waals surface area contributed by atoms with Gasteiger partial charge in [-0.3, -0.25) is 9.59 Å². The van der Waals surface area contributed by atoms with E-state index in [4.69, 9.17) is 21.1 Å². The van der Waals surface area contributed by atoms with Gasteiger partial charge in [0.2, 0.25) is 11.5 Å². The summed E-state index contributed by atoms with van der Waals surface area (Å²) in [4.78, 5) is 24.8. The molecule has 1 aliphatic heterocycles. The second-order valence-electron chi connectivity index (χ2n) is 6.60. The van der Waals surface area contributed by atoms with E-state index in [0.717, 1.165) is 0 Å². The number of ether oxygens (including phenoxy) is 2. The number of hydrogen-bond acceptors (Lipinski definition) is 5. The molecule has 1 aromatic carbocycles. The number of carbonyl (C=O) groups excluding carboxylic acids is 2. The Morgan fingerprint density at radius 2 is 2.00 bits per heavy atom. The molecule has 2 rings (SSSR count). The van der Waals surface area contributed by atoms with Crippen molar-refractivity contribution in [3.63, 3.8) is 0 Å². The Morgan fingerprint density at radius 1 is 1.31 bits per heavy atom. The minimum Gasteiger partial charge on any atom is -0.465 e. The Hall–Kier alpha value is -1.83. The van der Waals surface area contributed by atoms with Gasteiger partial charge in [0.05, 0.1) is 12.6 Å². The second kappa shape index (κ2) is 9.75. The number of amides is 2. The molecule has 2 unspecified atom stereocenters. The summed E-state index contributed by atoms with van der Waals surface area (Å²) >= 11 is 6.02. The second-order valence-corrected chi connectivity index (χ2v) is 7.00. The molecule has 1 saturated heterocycles. The molecule has 0 saturated carbocycles. The maximum atomic E-state index is 12.5. The van der Waals surface area contributed by atoms with Crippen LogP contribution in [-0.2, 0) is 14.3 Å². The van der Waals surface area contributed by atoms with E-state index in [0.29, 0.717) is 25.2 Å². The van der Waals surface area contributed by atoms with E-state index >= 15 is 0 Å². The van der Waals surface area contributed by atoms with E-state index in [1.807, 2.05) is 19.9 Å². The lowest BCUT2D eigenvalue weighted by atomic mass is 10.0. The third-order valence-corrected chi connectivity index (χ3v) is 4.21. The Bertz CT molecular complexity index is 599. The maximum Gasteiger partial charge on any atom is 0.277 e. The fourth-order valence-corrected chi connectivity index (χ4v) is 2.78. The lowest BCUT2D eigenvalue weighted by molar-refractivity contribution is -0.133. The molecule has 144 valence electrons. The predicted molar refractivity (Wildman–Crippen MR) is 96.6 cm³/mol. The number of para-hydroxylation sites is 1. The van der Waals surface area contributed by atoms with Gasteiger partial charge in [0, 0.05) is 0 Å². The zero-order valence-corrected chi connectivity index (χ0v) is 15.6. The van der Waals surface area contributed by atoms with Gasteiger partial charge in [-0.2, -0.15) is 0 Å². The predicted octanol–water partition coefficient (Wildman–Crippen LogP) is 1.38. The van der Waals surface area contributed by atoms with Crippen molar-refractivity contribution in [3.05, 3.63) is 30.3 Å². The molecular weight excluding hydrogens is 360 g/mol. The molecule has 7 nitrogen and oxygen atoms in total. The van der Waals surface area contributed by atoms with Crippen LogP contribution in [0.4, 0.5) is 0 Å². The van der Waals surface area contributed by atoms with Crippen molar-refractivity contribution >= 4 is 23.4 Å². The molecule has 3 N–H and O–H groups in total.